The number of halogens is 3. The van der Waals surface area contributed by atoms with Gasteiger partial charge in [-0.25, -0.2) is 0 Å². The lowest BCUT2D eigenvalue weighted by molar-refractivity contribution is -0.154. The van der Waals surface area contributed by atoms with E-state index in [1.165, 1.54) is 7.11 Å². The smallest absolute Gasteiger partial charge is 0.401 e. The Morgan fingerprint density at radius 2 is 1.79 bits per heavy atom. The second kappa shape index (κ2) is 11.5. The molecule has 0 unspecified atom stereocenters. The predicted octanol–water partition coefficient (Wildman–Crippen LogP) is 3.02. The van der Waals surface area contributed by atoms with Crippen molar-refractivity contribution in [3.05, 3.63) is 29.3 Å². The third kappa shape index (κ3) is 8.60. The molecule has 0 radical (unpaired) electrons. The summed E-state index contributed by atoms with van der Waals surface area (Å²) < 4.78 is 52.3. The topological polar surface area (TPSA) is 73.9 Å². The minimum absolute atomic E-state index is 0.0685. The minimum atomic E-state index is -4.34. The Kier molecular flexibility index (Phi) is 9.78. The van der Waals surface area contributed by atoms with Gasteiger partial charge < -0.3 is 19.5 Å². The molecule has 1 N–H and O–H groups in total. The van der Waals surface area contributed by atoms with Gasteiger partial charge in [-0.05, 0) is 43.5 Å². The van der Waals surface area contributed by atoms with E-state index in [1.54, 1.807) is 32.0 Å². The van der Waals surface area contributed by atoms with Crippen LogP contribution in [0.1, 0.15) is 31.4 Å². The number of alkyl halides is 3. The Bertz CT molecular complexity index is 649. The van der Waals surface area contributed by atoms with Gasteiger partial charge in [-0.3, -0.25) is 9.59 Å². The molecule has 0 amide bonds. The molecule has 1 atom stereocenters. The fraction of sp³-hybridized carbons (Fsp3) is 0.579. The van der Waals surface area contributed by atoms with Crippen molar-refractivity contribution >= 4 is 11.9 Å². The monoisotopic (exact) mass is 405 g/mol. The zero-order valence-corrected chi connectivity index (χ0v) is 16.2. The quantitative estimate of drug-likeness (QED) is 0.571. The van der Waals surface area contributed by atoms with Gasteiger partial charge in [0.1, 0.15) is 5.75 Å². The summed E-state index contributed by atoms with van der Waals surface area (Å²) in [6, 6.07) is 4.92. The summed E-state index contributed by atoms with van der Waals surface area (Å²) in [5.41, 5.74) is 1.17. The van der Waals surface area contributed by atoms with Gasteiger partial charge in [0.2, 0.25) is 0 Å². The number of rotatable bonds is 11. The summed E-state index contributed by atoms with van der Waals surface area (Å²) in [4.78, 5) is 24.1. The molecule has 158 valence electrons. The molecular formula is C19H26F3NO5. The van der Waals surface area contributed by atoms with Crippen LogP contribution >= 0.6 is 0 Å². The highest BCUT2D eigenvalue weighted by Gasteiger charge is 2.27. The van der Waals surface area contributed by atoms with Crippen molar-refractivity contribution in [3.8, 4) is 5.75 Å². The van der Waals surface area contributed by atoms with Crippen LogP contribution in [-0.2, 0) is 32.0 Å². The number of ether oxygens (including phenoxy) is 3. The van der Waals surface area contributed by atoms with Gasteiger partial charge in [-0.2, -0.15) is 13.2 Å². The summed E-state index contributed by atoms with van der Waals surface area (Å²) in [7, 11) is 1.45. The van der Waals surface area contributed by atoms with Crippen LogP contribution < -0.4 is 10.1 Å². The lowest BCUT2D eigenvalue weighted by atomic mass is 9.93. The second-order valence-corrected chi connectivity index (χ2v) is 6.02. The number of benzene rings is 1. The first-order chi connectivity index (χ1) is 13.2. The molecule has 0 aliphatic rings. The molecule has 9 heteroatoms. The van der Waals surface area contributed by atoms with E-state index >= 15 is 0 Å². The van der Waals surface area contributed by atoms with Crippen molar-refractivity contribution in [2.75, 3.05) is 26.9 Å². The van der Waals surface area contributed by atoms with Gasteiger partial charge in [0.15, 0.2) is 0 Å². The fourth-order valence-electron chi connectivity index (χ4n) is 2.62. The summed E-state index contributed by atoms with van der Waals surface area (Å²) in [6.45, 7) is 2.43. The first kappa shape index (κ1) is 23.7. The maximum absolute atomic E-state index is 12.4. The van der Waals surface area contributed by atoms with Crippen molar-refractivity contribution in [1.82, 2.24) is 5.32 Å². The highest BCUT2D eigenvalue weighted by Crippen LogP contribution is 2.23. The molecule has 0 saturated heterocycles. The molecule has 0 heterocycles. The summed E-state index contributed by atoms with van der Waals surface area (Å²) in [6.07, 6.45) is -4.38. The van der Waals surface area contributed by atoms with Crippen molar-refractivity contribution < 1.29 is 37.0 Å². The van der Waals surface area contributed by atoms with E-state index in [0.717, 1.165) is 0 Å². The molecule has 6 nitrogen and oxygen atoms in total. The van der Waals surface area contributed by atoms with Gasteiger partial charge in [0, 0.05) is 6.54 Å². The van der Waals surface area contributed by atoms with Crippen LogP contribution in [0.25, 0.3) is 0 Å². The highest BCUT2D eigenvalue weighted by molar-refractivity contribution is 5.80. The number of methoxy groups -OCH3 is 1. The molecule has 1 aromatic carbocycles. The lowest BCUT2D eigenvalue weighted by Crippen LogP contribution is -2.29. The van der Waals surface area contributed by atoms with Gasteiger partial charge in [-0.1, -0.05) is 6.07 Å². The Labute approximate surface area is 162 Å². The normalized spacial score (nSPS) is 12.4. The standard InChI is InChI=1S/C19H26F3NO5/c1-4-27-17(24)10-14(18(25)28-5-2)8-13-6-7-16(26-3)9-15(13)11-23-12-19(20,21)22/h6-7,9,14,23H,4-5,8,10-12H2,1-3H3/t14-/m0/s1. The average molecular weight is 405 g/mol. The van der Waals surface area contributed by atoms with E-state index in [-0.39, 0.29) is 32.6 Å². The van der Waals surface area contributed by atoms with Crippen LogP contribution in [0.3, 0.4) is 0 Å². The van der Waals surface area contributed by atoms with Gasteiger partial charge in [0.25, 0.3) is 0 Å². The molecule has 1 rings (SSSR count). The van der Waals surface area contributed by atoms with Crippen LogP contribution in [0.2, 0.25) is 0 Å². The fourth-order valence-corrected chi connectivity index (χ4v) is 2.62. The van der Waals surface area contributed by atoms with E-state index in [1.807, 2.05) is 0 Å². The van der Waals surface area contributed by atoms with E-state index in [0.29, 0.717) is 16.9 Å². The Morgan fingerprint density at radius 1 is 1.11 bits per heavy atom. The molecule has 28 heavy (non-hydrogen) atoms. The number of nitrogens with one attached hydrogen (secondary N) is 1. The Balaban J connectivity index is 3.01. The molecule has 0 aromatic heterocycles. The van der Waals surface area contributed by atoms with E-state index in [4.69, 9.17) is 14.2 Å². The Hall–Kier alpha value is -2.29. The highest BCUT2D eigenvalue weighted by atomic mass is 19.4. The number of hydrogen-bond donors (Lipinski definition) is 1. The van der Waals surface area contributed by atoms with Crippen LogP contribution in [0.5, 0.6) is 5.75 Å². The van der Waals surface area contributed by atoms with Crippen molar-refractivity contribution in [2.45, 2.75) is 39.4 Å². The number of carbonyl (C=O) groups is 2. The molecular weight excluding hydrogens is 379 g/mol. The predicted molar refractivity (Wildman–Crippen MR) is 95.8 cm³/mol. The molecule has 0 aliphatic carbocycles. The van der Waals surface area contributed by atoms with Gasteiger partial charge >= 0.3 is 18.1 Å². The maximum Gasteiger partial charge on any atom is 0.401 e. The molecule has 0 bridgehead atoms. The molecule has 0 fully saturated rings. The maximum atomic E-state index is 12.4. The van der Waals surface area contributed by atoms with Crippen molar-refractivity contribution in [2.24, 2.45) is 5.92 Å². The first-order valence-electron chi connectivity index (χ1n) is 8.95. The zero-order chi connectivity index (χ0) is 21.2. The minimum Gasteiger partial charge on any atom is -0.497 e. The van der Waals surface area contributed by atoms with E-state index in [2.05, 4.69) is 5.32 Å². The van der Waals surface area contributed by atoms with Crippen LogP contribution in [0, 0.1) is 5.92 Å². The molecule has 0 spiro atoms. The molecule has 0 saturated carbocycles. The largest absolute Gasteiger partial charge is 0.497 e. The van der Waals surface area contributed by atoms with E-state index < -0.39 is 30.6 Å². The average Bonchev–Trinajstić information content (AvgIpc) is 2.61. The number of esters is 2. The summed E-state index contributed by atoms with van der Waals surface area (Å²) >= 11 is 0. The van der Waals surface area contributed by atoms with Crippen molar-refractivity contribution in [1.29, 1.82) is 0 Å². The number of hydrogen-bond acceptors (Lipinski definition) is 6. The van der Waals surface area contributed by atoms with Gasteiger partial charge in [0.05, 0.1) is 39.2 Å². The van der Waals surface area contributed by atoms with Crippen LogP contribution in [0.4, 0.5) is 13.2 Å². The molecule has 0 aliphatic heterocycles. The number of carbonyl (C=O) groups excluding carboxylic acids is 2. The molecule has 1 aromatic rings. The SMILES string of the molecule is CCOC(=O)C[C@H](Cc1ccc(OC)cc1CNCC(F)(F)F)C(=O)OCC. The Morgan fingerprint density at radius 3 is 2.36 bits per heavy atom. The lowest BCUT2D eigenvalue weighted by Gasteiger charge is -2.18. The summed E-state index contributed by atoms with van der Waals surface area (Å²) in [5.74, 6) is -1.41. The van der Waals surface area contributed by atoms with Gasteiger partial charge in [-0.15, -0.1) is 0 Å². The van der Waals surface area contributed by atoms with E-state index in [9.17, 15) is 22.8 Å². The zero-order valence-electron chi connectivity index (χ0n) is 16.2. The second-order valence-electron chi connectivity index (χ2n) is 6.02. The third-order valence-electron chi connectivity index (χ3n) is 3.86. The van der Waals surface area contributed by atoms with Crippen LogP contribution in [-0.4, -0.2) is 45.0 Å². The first-order valence-corrected chi connectivity index (χ1v) is 8.95. The van der Waals surface area contributed by atoms with Crippen molar-refractivity contribution in [3.63, 3.8) is 0 Å². The third-order valence-corrected chi connectivity index (χ3v) is 3.86. The van der Waals surface area contributed by atoms with Crippen LogP contribution in [0.15, 0.2) is 18.2 Å². The summed E-state index contributed by atoms with van der Waals surface area (Å²) in [5, 5.41) is 2.33.